The van der Waals surface area contributed by atoms with Gasteiger partial charge in [0, 0.05) is 48.2 Å². The molecule has 3 heterocycles. The van der Waals surface area contributed by atoms with E-state index in [0.29, 0.717) is 5.82 Å². The van der Waals surface area contributed by atoms with Gasteiger partial charge in [-0.15, -0.1) is 11.3 Å². The third-order valence-corrected chi connectivity index (χ3v) is 14.4. The van der Waals surface area contributed by atoms with Crippen molar-refractivity contribution in [2.45, 2.75) is 0 Å². The van der Waals surface area contributed by atoms with Gasteiger partial charge in [0.25, 0.3) is 0 Å². The van der Waals surface area contributed by atoms with E-state index < -0.39 is 0 Å². The van der Waals surface area contributed by atoms with E-state index in [9.17, 15) is 0 Å². The molecule has 67 heavy (non-hydrogen) atoms. The second-order valence-corrected chi connectivity index (χ2v) is 18.1. The molecule has 0 aliphatic heterocycles. The van der Waals surface area contributed by atoms with Crippen molar-refractivity contribution in [3.63, 3.8) is 0 Å². The van der Waals surface area contributed by atoms with Crippen molar-refractivity contribution in [1.82, 2.24) is 15.0 Å². The average molecular weight is 870 g/mol. The fraction of sp³-hybridized carbons (Fsp3) is 0. The summed E-state index contributed by atoms with van der Waals surface area (Å²) in [6, 6.07) is 84.5. The van der Waals surface area contributed by atoms with Crippen LogP contribution in [0.2, 0.25) is 0 Å². The lowest BCUT2D eigenvalue weighted by molar-refractivity contribution is 1.18. The second kappa shape index (κ2) is 16.1. The molecule has 0 saturated heterocycles. The van der Waals surface area contributed by atoms with Crippen LogP contribution in [0.3, 0.4) is 0 Å². The quantitative estimate of drug-likeness (QED) is 0.150. The highest BCUT2D eigenvalue weighted by Gasteiger charge is 2.23. The van der Waals surface area contributed by atoms with Gasteiger partial charge in [-0.25, -0.2) is 15.0 Å². The van der Waals surface area contributed by atoms with Crippen LogP contribution in [0, 0.1) is 0 Å². The number of hydrogen-bond donors (Lipinski definition) is 0. The van der Waals surface area contributed by atoms with Gasteiger partial charge in [-0.2, -0.15) is 0 Å². The van der Waals surface area contributed by atoms with Gasteiger partial charge < -0.3 is 0 Å². The summed E-state index contributed by atoms with van der Waals surface area (Å²) < 4.78 is 1.24. The van der Waals surface area contributed by atoms with Gasteiger partial charge in [-0.1, -0.05) is 218 Å². The fourth-order valence-corrected chi connectivity index (χ4v) is 11.2. The van der Waals surface area contributed by atoms with Gasteiger partial charge in [0.1, 0.15) is 0 Å². The summed E-state index contributed by atoms with van der Waals surface area (Å²) in [7, 11) is 0. The number of para-hydroxylation sites is 1. The zero-order chi connectivity index (χ0) is 44.3. The van der Waals surface area contributed by atoms with E-state index in [1.54, 1.807) is 0 Å². The molecule has 0 aliphatic carbocycles. The number of benzene rings is 10. The molecule has 0 aliphatic rings. The molecule has 0 saturated carbocycles. The minimum atomic E-state index is 0.709. The zero-order valence-corrected chi connectivity index (χ0v) is 37.1. The van der Waals surface area contributed by atoms with Crippen molar-refractivity contribution in [3.8, 4) is 77.9 Å². The molecule has 0 radical (unpaired) electrons. The van der Waals surface area contributed by atoms with E-state index >= 15 is 0 Å². The highest BCUT2D eigenvalue weighted by Crippen LogP contribution is 2.51. The summed E-state index contributed by atoms with van der Waals surface area (Å²) in [6.07, 6.45) is 0. The SMILES string of the molecule is c1ccc(-c2cc(-c3ccc(-c4ccc(-c5c(-c6ccc7c8ccccc8c8ccccc8c7c6)sc6c5c(-c5ccccc5)nc5ccccc56)cc4)cc3)nc(-c3ccccc3)n2)cc1. The van der Waals surface area contributed by atoms with Gasteiger partial charge in [0.15, 0.2) is 5.82 Å². The molecular formula is C63H39N3S. The van der Waals surface area contributed by atoms with Crippen LogP contribution >= 0.6 is 11.3 Å². The second-order valence-electron chi connectivity index (χ2n) is 17.1. The average Bonchev–Trinajstić information content (AvgIpc) is 3.82. The molecule has 0 atom stereocenters. The van der Waals surface area contributed by atoms with Crippen LogP contribution in [-0.4, -0.2) is 15.0 Å². The number of rotatable bonds is 7. The zero-order valence-electron chi connectivity index (χ0n) is 36.3. The molecular weight excluding hydrogens is 831 g/mol. The lowest BCUT2D eigenvalue weighted by Crippen LogP contribution is -1.95. The Morgan fingerprint density at radius 3 is 1.31 bits per heavy atom. The molecule has 0 spiro atoms. The van der Waals surface area contributed by atoms with Crippen LogP contribution in [0.15, 0.2) is 237 Å². The lowest BCUT2D eigenvalue weighted by atomic mass is 9.91. The molecule has 0 amide bonds. The molecule has 3 nitrogen and oxygen atoms in total. The summed E-state index contributed by atoms with van der Waals surface area (Å²) in [5.74, 6) is 0.709. The van der Waals surface area contributed by atoms with Crippen molar-refractivity contribution in [3.05, 3.63) is 237 Å². The molecule has 0 fully saturated rings. The van der Waals surface area contributed by atoms with Crippen molar-refractivity contribution < 1.29 is 0 Å². The molecule has 4 heteroatoms. The maximum atomic E-state index is 5.43. The van der Waals surface area contributed by atoms with Gasteiger partial charge in [0.05, 0.1) is 22.6 Å². The third kappa shape index (κ3) is 6.77. The number of hydrogen-bond acceptors (Lipinski definition) is 4. The van der Waals surface area contributed by atoms with Crippen molar-refractivity contribution in [2.24, 2.45) is 0 Å². The van der Waals surface area contributed by atoms with E-state index in [-0.39, 0.29) is 0 Å². The maximum Gasteiger partial charge on any atom is 0.160 e. The van der Waals surface area contributed by atoms with Gasteiger partial charge in [-0.3, -0.25) is 0 Å². The fourth-order valence-electron chi connectivity index (χ4n) is 9.85. The van der Waals surface area contributed by atoms with Crippen LogP contribution in [0.5, 0.6) is 0 Å². The smallest absolute Gasteiger partial charge is 0.160 e. The first-order valence-electron chi connectivity index (χ1n) is 22.7. The van der Waals surface area contributed by atoms with Gasteiger partial charge in [0.2, 0.25) is 0 Å². The molecule has 13 rings (SSSR count). The minimum absolute atomic E-state index is 0.709. The topological polar surface area (TPSA) is 38.7 Å². The van der Waals surface area contributed by atoms with E-state index in [1.807, 2.05) is 35.6 Å². The van der Waals surface area contributed by atoms with Crippen molar-refractivity contribution in [1.29, 1.82) is 0 Å². The highest BCUT2D eigenvalue weighted by atomic mass is 32.1. The monoisotopic (exact) mass is 869 g/mol. The summed E-state index contributed by atoms with van der Waals surface area (Å²) in [5.41, 5.74) is 13.8. The van der Waals surface area contributed by atoms with E-state index in [4.69, 9.17) is 15.0 Å². The number of nitrogens with zero attached hydrogens (tertiary/aromatic N) is 3. The number of thiophene rings is 1. The number of fused-ring (bicyclic) bond motifs is 9. The number of pyridine rings is 1. The summed E-state index contributed by atoms with van der Waals surface area (Å²) in [4.78, 5) is 16.7. The Hall–Kier alpha value is -8.57. The maximum absolute atomic E-state index is 5.43. The lowest BCUT2D eigenvalue weighted by Gasteiger charge is -2.13. The molecule has 0 bridgehead atoms. The van der Waals surface area contributed by atoms with Crippen LogP contribution in [0.4, 0.5) is 0 Å². The highest BCUT2D eigenvalue weighted by molar-refractivity contribution is 7.24. The summed E-state index contributed by atoms with van der Waals surface area (Å²) in [5, 5.41) is 9.96. The molecule has 13 aromatic rings. The van der Waals surface area contributed by atoms with Crippen molar-refractivity contribution >= 4 is 64.6 Å². The number of aromatic nitrogens is 3. The minimum Gasteiger partial charge on any atom is -0.247 e. The van der Waals surface area contributed by atoms with Crippen LogP contribution < -0.4 is 0 Å². The molecule has 0 unspecified atom stereocenters. The van der Waals surface area contributed by atoms with Crippen LogP contribution in [0.25, 0.3) is 131 Å². The summed E-state index contributed by atoms with van der Waals surface area (Å²) in [6.45, 7) is 0. The third-order valence-electron chi connectivity index (χ3n) is 13.1. The largest absolute Gasteiger partial charge is 0.247 e. The standard InChI is InChI=1S/C63H39N3S/c1-4-16-42(17-5-1)56-39-57(66-63(65-56)46-20-8-3-9-21-46)43-32-28-40(29-33-43)41-30-34-44(35-31-41)58-59-60(45-18-6-2-7-19-45)64-55-27-15-14-26-53(55)62(59)67-61(58)47-36-37-52-50-24-11-10-22-48(50)49-23-12-13-25-51(49)54(52)38-47/h1-39H. The van der Waals surface area contributed by atoms with Crippen LogP contribution in [-0.2, 0) is 0 Å². The Morgan fingerprint density at radius 2 is 0.716 bits per heavy atom. The Bertz CT molecular complexity index is 3900. The first-order valence-corrected chi connectivity index (χ1v) is 23.5. The first-order chi connectivity index (χ1) is 33.2. The Kier molecular flexibility index (Phi) is 9.36. The van der Waals surface area contributed by atoms with Gasteiger partial charge >= 0.3 is 0 Å². The van der Waals surface area contributed by atoms with E-state index in [1.165, 1.54) is 63.8 Å². The van der Waals surface area contributed by atoms with E-state index in [0.717, 1.165) is 61.5 Å². The van der Waals surface area contributed by atoms with E-state index in [2.05, 4.69) is 212 Å². The Labute approximate surface area is 392 Å². The Balaban J connectivity index is 0.961. The van der Waals surface area contributed by atoms with Crippen LogP contribution in [0.1, 0.15) is 0 Å². The predicted molar refractivity (Wildman–Crippen MR) is 283 cm³/mol. The summed E-state index contributed by atoms with van der Waals surface area (Å²) >= 11 is 1.88. The van der Waals surface area contributed by atoms with Crippen molar-refractivity contribution in [2.75, 3.05) is 0 Å². The first kappa shape index (κ1) is 38.9. The molecule has 10 aromatic carbocycles. The molecule has 0 N–H and O–H groups in total. The normalized spacial score (nSPS) is 11.6. The molecule has 312 valence electrons. The Morgan fingerprint density at radius 1 is 0.284 bits per heavy atom. The molecule has 3 aromatic heterocycles. The van der Waals surface area contributed by atoms with Gasteiger partial charge in [-0.05, 0) is 72.8 Å². The predicted octanol–water partition coefficient (Wildman–Crippen LogP) is 17.4.